The highest BCUT2D eigenvalue weighted by Gasteiger charge is 2.03. The van der Waals surface area contributed by atoms with Crippen molar-refractivity contribution in [2.45, 2.75) is 20.3 Å². The van der Waals surface area contributed by atoms with Crippen LogP contribution in [0.25, 0.3) is 11.1 Å². The molecule has 0 amide bonds. The van der Waals surface area contributed by atoms with Gasteiger partial charge in [0.2, 0.25) is 0 Å². The minimum absolute atomic E-state index is 0.154. The number of phenolic OH excluding ortho intramolecular Hbond substituents is 2. The molecule has 0 aliphatic heterocycles. The van der Waals surface area contributed by atoms with Crippen LogP contribution in [0.3, 0.4) is 0 Å². The molecule has 3 nitrogen and oxygen atoms in total. The fourth-order valence-corrected chi connectivity index (χ4v) is 1.37. The SMILES string of the molecule is CCC.CO.Oc1ccc(O)c(-c2ccccc2)c1. The molecule has 3 N–H and O–H groups in total. The first-order valence-corrected chi connectivity index (χ1v) is 6.21. The molecule has 0 unspecified atom stereocenters. The molecule has 0 saturated heterocycles. The van der Waals surface area contributed by atoms with Gasteiger partial charge >= 0.3 is 0 Å². The van der Waals surface area contributed by atoms with Gasteiger partial charge in [0.1, 0.15) is 11.5 Å². The van der Waals surface area contributed by atoms with Crippen molar-refractivity contribution in [3.8, 4) is 22.6 Å². The van der Waals surface area contributed by atoms with Crippen molar-refractivity contribution in [2.24, 2.45) is 0 Å². The second-order valence-electron chi connectivity index (χ2n) is 3.77. The van der Waals surface area contributed by atoms with E-state index in [9.17, 15) is 10.2 Å². The fraction of sp³-hybridized carbons (Fsp3) is 0.250. The Morgan fingerprint density at radius 1 is 0.842 bits per heavy atom. The van der Waals surface area contributed by atoms with E-state index < -0.39 is 0 Å². The highest BCUT2D eigenvalue weighted by atomic mass is 16.3. The maximum atomic E-state index is 9.58. The van der Waals surface area contributed by atoms with E-state index >= 15 is 0 Å². The van der Waals surface area contributed by atoms with Gasteiger partial charge in [0.25, 0.3) is 0 Å². The molecule has 0 heterocycles. The van der Waals surface area contributed by atoms with Crippen LogP contribution in [0, 0.1) is 0 Å². The molecule has 0 bridgehead atoms. The maximum Gasteiger partial charge on any atom is 0.123 e. The number of benzene rings is 2. The van der Waals surface area contributed by atoms with Gasteiger partial charge < -0.3 is 15.3 Å². The Bertz CT molecular complexity index is 453. The molecule has 2 aromatic rings. The number of hydrogen-bond donors (Lipinski definition) is 3. The van der Waals surface area contributed by atoms with E-state index in [0.717, 1.165) is 12.7 Å². The lowest BCUT2D eigenvalue weighted by molar-refractivity contribution is 0.399. The molecular weight excluding hydrogens is 240 g/mol. The molecule has 3 heteroatoms. The summed E-state index contributed by atoms with van der Waals surface area (Å²) < 4.78 is 0. The average Bonchev–Trinajstić information content (AvgIpc) is 2.45. The molecule has 0 radical (unpaired) electrons. The zero-order valence-electron chi connectivity index (χ0n) is 11.7. The van der Waals surface area contributed by atoms with E-state index in [0.29, 0.717) is 5.56 Å². The van der Waals surface area contributed by atoms with Gasteiger partial charge in [-0.3, -0.25) is 0 Å². The summed E-state index contributed by atoms with van der Waals surface area (Å²) in [5.74, 6) is 0.329. The van der Waals surface area contributed by atoms with Gasteiger partial charge in [-0.15, -0.1) is 0 Å². The third kappa shape index (κ3) is 5.93. The zero-order chi connectivity index (χ0) is 14.7. The average molecular weight is 262 g/mol. The number of rotatable bonds is 1. The first-order valence-electron chi connectivity index (χ1n) is 6.21. The van der Waals surface area contributed by atoms with Crippen LogP contribution in [-0.2, 0) is 0 Å². The van der Waals surface area contributed by atoms with Crippen molar-refractivity contribution in [2.75, 3.05) is 7.11 Å². The second-order valence-corrected chi connectivity index (χ2v) is 3.77. The van der Waals surface area contributed by atoms with Crippen molar-refractivity contribution in [1.82, 2.24) is 0 Å². The van der Waals surface area contributed by atoms with Crippen LogP contribution in [0.4, 0.5) is 0 Å². The first kappa shape index (κ1) is 17.0. The number of aliphatic hydroxyl groups excluding tert-OH is 1. The van der Waals surface area contributed by atoms with Crippen LogP contribution in [0.5, 0.6) is 11.5 Å². The lowest BCUT2D eigenvalue weighted by Gasteiger charge is -2.04. The lowest BCUT2D eigenvalue weighted by Crippen LogP contribution is -1.78. The molecule has 0 atom stereocenters. The Balaban J connectivity index is 0.000000573. The topological polar surface area (TPSA) is 60.7 Å². The monoisotopic (exact) mass is 262 g/mol. The van der Waals surface area contributed by atoms with Gasteiger partial charge in [0, 0.05) is 12.7 Å². The minimum atomic E-state index is 0.154. The van der Waals surface area contributed by atoms with Crippen LogP contribution >= 0.6 is 0 Å². The largest absolute Gasteiger partial charge is 0.508 e. The summed E-state index contributed by atoms with van der Waals surface area (Å²) in [5.41, 5.74) is 1.53. The highest BCUT2D eigenvalue weighted by molar-refractivity contribution is 5.71. The smallest absolute Gasteiger partial charge is 0.123 e. The van der Waals surface area contributed by atoms with Crippen molar-refractivity contribution < 1.29 is 15.3 Å². The summed E-state index contributed by atoms with van der Waals surface area (Å²) >= 11 is 0. The third-order valence-electron chi connectivity index (χ3n) is 2.06. The Labute approximate surface area is 114 Å². The predicted molar refractivity (Wildman–Crippen MR) is 79.3 cm³/mol. The standard InChI is InChI=1S/C12H10O2.C3H8.CH4O/c13-10-6-7-12(14)11(8-10)9-4-2-1-3-5-9;1-3-2;1-2/h1-8,13-14H;3H2,1-2H3;2H,1H3. The quantitative estimate of drug-likeness (QED) is 0.685. The van der Waals surface area contributed by atoms with Gasteiger partial charge in [0.05, 0.1) is 0 Å². The molecule has 0 fully saturated rings. The minimum Gasteiger partial charge on any atom is -0.508 e. The Hall–Kier alpha value is -2.00. The van der Waals surface area contributed by atoms with E-state index in [1.165, 1.54) is 18.6 Å². The van der Waals surface area contributed by atoms with Gasteiger partial charge in [-0.1, -0.05) is 50.6 Å². The molecule has 2 aromatic carbocycles. The molecule has 0 aliphatic rings. The summed E-state index contributed by atoms with van der Waals surface area (Å²) in [6, 6.07) is 13.9. The van der Waals surface area contributed by atoms with Gasteiger partial charge in [0.15, 0.2) is 0 Å². The molecule has 0 aliphatic carbocycles. The van der Waals surface area contributed by atoms with Crippen molar-refractivity contribution >= 4 is 0 Å². The molecule has 0 aromatic heterocycles. The third-order valence-corrected chi connectivity index (χ3v) is 2.06. The van der Waals surface area contributed by atoms with Crippen LogP contribution in [0.15, 0.2) is 48.5 Å². The van der Waals surface area contributed by atoms with E-state index in [1.54, 1.807) is 6.07 Å². The first-order chi connectivity index (χ1) is 9.19. The summed E-state index contributed by atoms with van der Waals surface area (Å²) in [6.45, 7) is 4.25. The molecular formula is C16H22O3. The van der Waals surface area contributed by atoms with Gasteiger partial charge in [-0.2, -0.15) is 0 Å². The van der Waals surface area contributed by atoms with E-state index in [2.05, 4.69) is 13.8 Å². The number of aliphatic hydroxyl groups is 1. The second kappa shape index (κ2) is 9.97. The van der Waals surface area contributed by atoms with Crippen LogP contribution in [0.2, 0.25) is 0 Å². The lowest BCUT2D eigenvalue weighted by atomic mass is 10.0. The van der Waals surface area contributed by atoms with Crippen LogP contribution in [0.1, 0.15) is 20.3 Å². The maximum absolute atomic E-state index is 9.58. The summed E-state index contributed by atoms with van der Waals surface area (Å²) in [4.78, 5) is 0. The predicted octanol–water partition coefficient (Wildman–Crippen LogP) is 3.79. The molecule has 19 heavy (non-hydrogen) atoms. The van der Waals surface area contributed by atoms with Crippen LogP contribution < -0.4 is 0 Å². The Morgan fingerprint density at radius 2 is 1.37 bits per heavy atom. The Morgan fingerprint density at radius 3 is 1.89 bits per heavy atom. The molecule has 104 valence electrons. The fourth-order valence-electron chi connectivity index (χ4n) is 1.37. The van der Waals surface area contributed by atoms with Crippen molar-refractivity contribution in [3.05, 3.63) is 48.5 Å². The zero-order valence-corrected chi connectivity index (χ0v) is 11.7. The number of hydrogen-bond acceptors (Lipinski definition) is 3. The Kier molecular flexibility index (Phi) is 8.92. The molecule has 0 saturated carbocycles. The van der Waals surface area contributed by atoms with Crippen LogP contribution in [-0.4, -0.2) is 22.4 Å². The van der Waals surface area contributed by atoms with E-state index in [4.69, 9.17) is 5.11 Å². The van der Waals surface area contributed by atoms with Crippen molar-refractivity contribution in [1.29, 1.82) is 0 Å². The normalized spacial score (nSPS) is 8.63. The summed E-state index contributed by atoms with van der Waals surface area (Å²) in [7, 11) is 1.00. The van der Waals surface area contributed by atoms with Gasteiger partial charge in [-0.05, 0) is 23.8 Å². The number of phenols is 2. The van der Waals surface area contributed by atoms with E-state index in [-0.39, 0.29) is 11.5 Å². The van der Waals surface area contributed by atoms with Crippen molar-refractivity contribution in [3.63, 3.8) is 0 Å². The highest BCUT2D eigenvalue weighted by Crippen LogP contribution is 2.31. The molecule has 2 rings (SSSR count). The van der Waals surface area contributed by atoms with E-state index in [1.807, 2.05) is 30.3 Å². The summed E-state index contributed by atoms with van der Waals surface area (Å²) in [6.07, 6.45) is 1.25. The summed E-state index contributed by atoms with van der Waals surface area (Å²) in [5, 5.41) is 25.9. The molecule has 0 spiro atoms. The number of aromatic hydroxyl groups is 2. The van der Waals surface area contributed by atoms with Gasteiger partial charge in [-0.25, -0.2) is 0 Å².